The molecule has 0 amide bonds. The molecule has 0 aliphatic carbocycles. The average Bonchev–Trinajstić information content (AvgIpc) is 2.79. The number of carbonyl (C=O) groups excluding carboxylic acids is 1. The van der Waals surface area contributed by atoms with Gasteiger partial charge in [0.05, 0.1) is 12.5 Å². The molecule has 112 valence electrons. The zero-order valence-corrected chi connectivity index (χ0v) is 12.8. The molecule has 5 nitrogen and oxygen atoms in total. The van der Waals surface area contributed by atoms with Crippen molar-refractivity contribution in [2.45, 2.75) is 51.5 Å². The van der Waals surface area contributed by atoms with E-state index in [1.807, 2.05) is 57.2 Å². The molecule has 1 fully saturated rings. The number of rotatable bonds is 2. The second-order valence-electron chi connectivity index (χ2n) is 6.18. The van der Waals surface area contributed by atoms with Gasteiger partial charge in [-0.15, -0.1) is 0 Å². The summed E-state index contributed by atoms with van der Waals surface area (Å²) in [5.74, 6) is -2.08. The van der Waals surface area contributed by atoms with Gasteiger partial charge in [-0.3, -0.25) is 4.79 Å². The van der Waals surface area contributed by atoms with Crippen LogP contribution in [0.1, 0.15) is 45.7 Å². The van der Waals surface area contributed by atoms with Crippen LogP contribution in [0.4, 0.5) is 0 Å². The maximum Gasteiger partial charge on any atom is 0.320 e. The van der Waals surface area contributed by atoms with Crippen LogP contribution in [0.15, 0.2) is 30.3 Å². The number of esters is 1. The third kappa shape index (κ3) is 3.23. The maximum atomic E-state index is 11.3. The Morgan fingerprint density at radius 2 is 2.05 bits per heavy atom. The van der Waals surface area contributed by atoms with Crippen LogP contribution in [0.5, 0.6) is 0 Å². The van der Waals surface area contributed by atoms with Crippen molar-refractivity contribution in [2.24, 2.45) is 0 Å². The van der Waals surface area contributed by atoms with Crippen LogP contribution < -0.4 is 0 Å². The molecule has 5 heteroatoms. The topological polar surface area (TPSA) is 62.6 Å². The summed E-state index contributed by atoms with van der Waals surface area (Å²) < 4.78 is 5.16. The van der Waals surface area contributed by atoms with Crippen molar-refractivity contribution in [1.82, 2.24) is 5.06 Å². The van der Waals surface area contributed by atoms with Crippen molar-refractivity contribution < 1.29 is 14.4 Å². The summed E-state index contributed by atoms with van der Waals surface area (Å²) in [5, 5.41) is 11.2. The molecule has 0 N–H and O–H groups in total. The van der Waals surface area contributed by atoms with E-state index in [4.69, 9.17) is 9.57 Å². The van der Waals surface area contributed by atoms with E-state index < -0.39 is 11.8 Å². The minimum Gasteiger partial charge on any atom is -0.418 e. The predicted octanol–water partition coefficient (Wildman–Crippen LogP) is 2.95. The van der Waals surface area contributed by atoms with Crippen LogP contribution in [0, 0.1) is 11.3 Å². The van der Waals surface area contributed by atoms with Gasteiger partial charge < -0.3 is 4.74 Å². The highest BCUT2D eigenvalue weighted by atomic mass is 16.8. The predicted molar refractivity (Wildman–Crippen MR) is 76.6 cm³/mol. The van der Waals surface area contributed by atoms with E-state index in [1.54, 1.807) is 5.06 Å². The molecule has 2 atom stereocenters. The van der Waals surface area contributed by atoms with Crippen molar-refractivity contribution in [3.63, 3.8) is 0 Å². The molecule has 0 aromatic heterocycles. The third-order valence-electron chi connectivity index (χ3n) is 3.32. The summed E-state index contributed by atoms with van der Waals surface area (Å²) in [6.07, 6.45) is 0.282. The van der Waals surface area contributed by atoms with Crippen LogP contribution in [0.3, 0.4) is 0 Å². The lowest BCUT2D eigenvalue weighted by atomic mass is 9.97. The molecule has 1 heterocycles. The number of ether oxygens (including phenoxy) is 1. The zero-order chi connectivity index (χ0) is 15.7. The molecule has 0 bridgehead atoms. The minimum absolute atomic E-state index is 0.148. The molecule has 1 aromatic carbocycles. The van der Waals surface area contributed by atoms with Crippen molar-refractivity contribution in [3.05, 3.63) is 35.9 Å². The van der Waals surface area contributed by atoms with Crippen molar-refractivity contribution in [2.75, 3.05) is 0 Å². The Balaban J connectivity index is 2.39. The molecule has 2 rings (SSSR count). The van der Waals surface area contributed by atoms with Crippen molar-refractivity contribution >= 4 is 5.97 Å². The highest BCUT2D eigenvalue weighted by molar-refractivity contribution is 5.66. The normalized spacial score (nSPS) is 26.3. The Morgan fingerprint density at radius 1 is 1.43 bits per heavy atom. The van der Waals surface area contributed by atoms with Crippen LogP contribution in [0.2, 0.25) is 0 Å². The van der Waals surface area contributed by atoms with Crippen molar-refractivity contribution in [3.8, 4) is 6.07 Å². The SMILES string of the molecule is CC(=O)OC1(C#N)CC(c2ccccc2)N(C(C)(C)C)O1. The van der Waals surface area contributed by atoms with E-state index in [0.717, 1.165) is 5.56 Å². The van der Waals surface area contributed by atoms with Gasteiger partial charge in [-0.25, -0.2) is 4.84 Å². The first-order valence-corrected chi connectivity index (χ1v) is 6.92. The molecule has 1 aromatic rings. The van der Waals surface area contributed by atoms with Gasteiger partial charge in [0.1, 0.15) is 6.07 Å². The van der Waals surface area contributed by atoms with Crippen LogP contribution >= 0.6 is 0 Å². The van der Waals surface area contributed by atoms with E-state index in [-0.39, 0.29) is 18.0 Å². The first-order chi connectivity index (χ1) is 9.77. The quantitative estimate of drug-likeness (QED) is 0.783. The molecular formula is C16H20N2O3. The molecular weight excluding hydrogens is 268 g/mol. The van der Waals surface area contributed by atoms with Crippen molar-refractivity contribution in [1.29, 1.82) is 5.26 Å². The van der Waals surface area contributed by atoms with Gasteiger partial charge >= 0.3 is 11.8 Å². The van der Waals surface area contributed by atoms with E-state index in [1.165, 1.54) is 6.92 Å². The largest absolute Gasteiger partial charge is 0.418 e. The second kappa shape index (κ2) is 5.47. The Kier molecular flexibility index (Phi) is 4.04. The number of carbonyl (C=O) groups is 1. The van der Waals surface area contributed by atoms with Gasteiger partial charge in [0, 0.05) is 12.5 Å². The highest BCUT2D eigenvalue weighted by Gasteiger charge is 2.52. The standard InChI is InChI=1S/C16H20N2O3/c1-12(19)20-16(11-17)10-14(13-8-6-5-7-9-13)18(21-16)15(2,3)4/h5-9,14H,10H2,1-4H3. The summed E-state index contributed by atoms with van der Waals surface area (Å²) in [6, 6.07) is 11.6. The summed E-state index contributed by atoms with van der Waals surface area (Å²) in [7, 11) is 0. The van der Waals surface area contributed by atoms with Gasteiger partial charge in [-0.1, -0.05) is 30.3 Å². The lowest BCUT2D eigenvalue weighted by Crippen LogP contribution is -2.42. The van der Waals surface area contributed by atoms with E-state index in [0.29, 0.717) is 0 Å². The Bertz CT molecular complexity index is 559. The highest BCUT2D eigenvalue weighted by Crippen LogP contribution is 2.44. The van der Waals surface area contributed by atoms with E-state index in [9.17, 15) is 10.1 Å². The summed E-state index contributed by atoms with van der Waals surface area (Å²) in [5.41, 5.74) is 0.691. The fraction of sp³-hybridized carbons (Fsp3) is 0.500. The molecule has 2 unspecified atom stereocenters. The molecule has 0 spiro atoms. The lowest BCUT2D eigenvalue weighted by Gasteiger charge is -2.35. The van der Waals surface area contributed by atoms with Gasteiger partial charge in [0.2, 0.25) is 0 Å². The monoisotopic (exact) mass is 288 g/mol. The Labute approximate surface area is 125 Å². The van der Waals surface area contributed by atoms with Crippen LogP contribution in [-0.4, -0.2) is 22.4 Å². The molecule has 0 saturated carbocycles. The first kappa shape index (κ1) is 15.5. The average molecular weight is 288 g/mol. The second-order valence-corrected chi connectivity index (χ2v) is 6.18. The third-order valence-corrected chi connectivity index (χ3v) is 3.32. The fourth-order valence-corrected chi connectivity index (χ4v) is 2.51. The Hall–Kier alpha value is -1.90. The Morgan fingerprint density at radius 3 is 2.52 bits per heavy atom. The summed E-state index contributed by atoms with van der Waals surface area (Å²) in [4.78, 5) is 17.1. The fourth-order valence-electron chi connectivity index (χ4n) is 2.51. The number of hydrogen-bond acceptors (Lipinski definition) is 5. The summed E-state index contributed by atoms with van der Waals surface area (Å²) in [6.45, 7) is 7.25. The molecule has 21 heavy (non-hydrogen) atoms. The van der Waals surface area contributed by atoms with Gasteiger partial charge in [-0.05, 0) is 26.3 Å². The van der Waals surface area contributed by atoms with Gasteiger partial charge in [0.25, 0.3) is 0 Å². The number of benzene rings is 1. The smallest absolute Gasteiger partial charge is 0.320 e. The van der Waals surface area contributed by atoms with Crippen LogP contribution in [0.25, 0.3) is 0 Å². The lowest BCUT2D eigenvalue weighted by molar-refractivity contribution is -0.294. The maximum absolute atomic E-state index is 11.3. The summed E-state index contributed by atoms with van der Waals surface area (Å²) >= 11 is 0. The number of nitriles is 1. The molecule has 1 aliphatic heterocycles. The first-order valence-electron chi connectivity index (χ1n) is 6.92. The minimum atomic E-state index is -1.56. The van der Waals surface area contributed by atoms with E-state index >= 15 is 0 Å². The van der Waals surface area contributed by atoms with Gasteiger partial charge in [-0.2, -0.15) is 10.3 Å². The number of hydrogen-bond donors (Lipinski definition) is 0. The van der Waals surface area contributed by atoms with E-state index in [2.05, 4.69) is 0 Å². The van der Waals surface area contributed by atoms with Crippen LogP contribution in [-0.2, 0) is 14.4 Å². The zero-order valence-electron chi connectivity index (χ0n) is 12.8. The molecule has 0 radical (unpaired) electrons. The van der Waals surface area contributed by atoms with Gasteiger partial charge in [0.15, 0.2) is 0 Å². The molecule has 1 saturated heterocycles. The number of nitrogens with zero attached hydrogens (tertiary/aromatic N) is 2. The molecule has 1 aliphatic rings. The number of hydroxylamine groups is 2.